The Morgan fingerprint density at radius 2 is 2.33 bits per heavy atom. The third-order valence-electron chi connectivity index (χ3n) is 2.08. The molecule has 0 fully saturated rings. The normalized spacial score (nSPS) is 11.2. The fourth-order valence-electron chi connectivity index (χ4n) is 1.24. The van der Waals surface area contributed by atoms with Crippen molar-refractivity contribution >= 4 is 28.8 Å². The molecule has 2 rings (SSSR count). The van der Waals surface area contributed by atoms with E-state index in [9.17, 15) is 4.79 Å². The van der Waals surface area contributed by atoms with Crippen LogP contribution in [0.25, 0.3) is 11.1 Å². The molecule has 0 aliphatic heterocycles. The highest BCUT2D eigenvalue weighted by molar-refractivity contribution is 8.02. The zero-order valence-corrected chi connectivity index (χ0v) is 10.2. The van der Waals surface area contributed by atoms with E-state index in [4.69, 9.17) is 9.68 Å². The van der Waals surface area contributed by atoms with Gasteiger partial charge in [0.1, 0.15) is 17.2 Å². The van der Waals surface area contributed by atoms with Gasteiger partial charge in [-0.1, -0.05) is 12.1 Å². The molecule has 0 aliphatic carbocycles. The van der Waals surface area contributed by atoms with E-state index < -0.39 is 5.97 Å². The number of nitrogens with zero attached hydrogens (tertiary/aromatic N) is 2. The molecule has 0 saturated carbocycles. The lowest BCUT2D eigenvalue weighted by molar-refractivity contribution is -0.135. The van der Waals surface area contributed by atoms with E-state index in [0.717, 1.165) is 17.3 Å². The molecule has 0 bridgehead atoms. The van der Waals surface area contributed by atoms with Gasteiger partial charge in [0.2, 0.25) is 0 Å². The van der Waals surface area contributed by atoms with Gasteiger partial charge in [-0.3, -0.25) is 0 Å². The SMILES string of the molecule is COC(=O)/C(C#N)=C/Sc1nc2ccccc2o1. The molecule has 90 valence electrons. The molecule has 0 saturated heterocycles. The topological polar surface area (TPSA) is 76.1 Å². The number of esters is 1. The van der Waals surface area contributed by atoms with Crippen LogP contribution < -0.4 is 0 Å². The number of hydrogen-bond acceptors (Lipinski definition) is 6. The standard InChI is InChI=1S/C12H8N2O3S/c1-16-11(15)8(6-13)7-18-12-14-9-4-2-3-5-10(9)17-12/h2-5,7H,1H3/b8-7+. The van der Waals surface area contributed by atoms with Crippen LogP contribution in [0.15, 0.2) is 44.9 Å². The first-order valence-corrected chi connectivity index (χ1v) is 5.83. The second kappa shape index (κ2) is 5.38. The van der Waals surface area contributed by atoms with Crippen molar-refractivity contribution < 1.29 is 13.9 Å². The van der Waals surface area contributed by atoms with E-state index in [1.54, 1.807) is 12.1 Å². The number of para-hydroxylation sites is 2. The zero-order valence-electron chi connectivity index (χ0n) is 9.41. The Bertz CT molecular complexity index is 622. The molecule has 18 heavy (non-hydrogen) atoms. The average Bonchev–Trinajstić information content (AvgIpc) is 2.81. The first-order valence-electron chi connectivity index (χ1n) is 4.95. The number of methoxy groups -OCH3 is 1. The van der Waals surface area contributed by atoms with Gasteiger partial charge in [0, 0.05) is 5.41 Å². The highest BCUT2D eigenvalue weighted by atomic mass is 32.2. The predicted molar refractivity (Wildman–Crippen MR) is 65.6 cm³/mol. The Kier molecular flexibility index (Phi) is 3.65. The number of carbonyl (C=O) groups excluding carboxylic acids is 1. The van der Waals surface area contributed by atoms with Crippen molar-refractivity contribution in [2.24, 2.45) is 0 Å². The molecule has 6 heteroatoms. The summed E-state index contributed by atoms with van der Waals surface area (Å²) in [5.74, 6) is -0.680. The summed E-state index contributed by atoms with van der Waals surface area (Å²) in [7, 11) is 1.22. The summed E-state index contributed by atoms with van der Waals surface area (Å²) in [5.41, 5.74) is 1.29. The molecule has 1 aromatic heterocycles. The van der Waals surface area contributed by atoms with Crippen molar-refractivity contribution in [3.63, 3.8) is 0 Å². The second-order valence-corrected chi connectivity index (χ2v) is 4.02. The van der Waals surface area contributed by atoms with Crippen LogP contribution in [-0.4, -0.2) is 18.1 Å². The number of fused-ring (bicyclic) bond motifs is 1. The Morgan fingerprint density at radius 1 is 1.56 bits per heavy atom. The summed E-state index contributed by atoms with van der Waals surface area (Å²) in [6, 6.07) is 9.06. The smallest absolute Gasteiger partial charge is 0.349 e. The average molecular weight is 260 g/mol. The molecule has 1 aromatic carbocycles. The summed E-state index contributed by atoms with van der Waals surface area (Å²) < 4.78 is 9.88. The fraction of sp³-hybridized carbons (Fsp3) is 0.0833. The van der Waals surface area contributed by atoms with Crippen LogP contribution in [-0.2, 0) is 9.53 Å². The molecule has 0 amide bonds. The Balaban J connectivity index is 2.21. The molecular weight excluding hydrogens is 252 g/mol. The summed E-state index contributed by atoms with van der Waals surface area (Å²) >= 11 is 1.06. The number of rotatable bonds is 3. The van der Waals surface area contributed by atoms with Crippen molar-refractivity contribution in [1.82, 2.24) is 4.98 Å². The summed E-state index contributed by atoms with van der Waals surface area (Å²) in [5, 5.41) is 10.5. The molecule has 1 heterocycles. The lowest BCUT2D eigenvalue weighted by Gasteiger charge is -1.93. The van der Waals surface area contributed by atoms with Crippen LogP contribution in [0.1, 0.15) is 0 Å². The highest BCUT2D eigenvalue weighted by Crippen LogP contribution is 2.24. The van der Waals surface area contributed by atoms with Gasteiger partial charge in [-0.15, -0.1) is 0 Å². The van der Waals surface area contributed by atoms with E-state index in [1.807, 2.05) is 18.2 Å². The minimum atomic E-state index is -0.680. The lowest BCUT2D eigenvalue weighted by atomic mass is 10.3. The molecule has 0 aliphatic rings. The van der Waals surface area contributed by atoms with Crippen molar-refractivity contribution in [2.75, 3.05) is 7.11 Å². The van der Waals surface area contributed by atoms with E-state index >= 15 is 0 Å². The maximum absolute atomic E-state index is 11.2. The predicted octanol–water partition coefficient (Wildman–Crippen LogP) is 2.50. The van der Waals surface area contributed by atoms with E-state index in [0.29, 0.717) is 10.8 Å². The molecular formula is C12H8N2O3S. The molecule has 2 aromatic rings. The third kappa shape index (κ3) is 2.52. The number of ether oxygens (including phenoxy) is 1. The van der Waals surface area contributed by atoms with Crippen LogP contribution in [0.4, 0.5) is 0 Å². The molecule has 0 unspecified atom stereocenters. The summed E-state index contributed by atoms with van der Waals surface area (Å²) in [6.07, 6.45) is 0. The van der Waals surface area contributed by atoms with Gasteiger partial charge in [0.25, 0.3) is 5.22 Å². The van der Waals surface area contributed by atoms with Crippen molar-refractivity contribution in [1.29, 1.82) is 5.26 Å². The van der Waals surface area contributed by atoms with Gasteiger partial charge < -0.3 is 9.15 Å². The molecule has 5 nitrogen and oxygen atoms in total. The van der Waals surface area contributed by atoms with Gasteiger partial charge in [-0.2, -0.15) is 5.26 Å². The number of carbonyl (C=O) groups is 1. The number of aromatic nitrogens is 1. The Morgan fingerprint density at radius 3 is 3.00 bits per heavy atom. The lowest BCUT2D eigenvalue weighted by Crippen LogP contribution is -2.01. The Labute approximate surface area is 107 Å². The summed E-state index contributed by atoms with van der Waals surface area (Å²) in [4.78, 5) is 15.4. The van der Waals surface area contributed by atoms with Gasteiger partial charge in [0.15, 0.2) is 5.58 Å². The monoisotopic (exact) mass is 260 g/mol. The number of hydrogen-bond donors (Lipinski definition) is 0. The van der Waals surface area contributed by atoms with E-state index in [1.165, 1.54) is 12.5 Å². The van der Waals surface area contributed by atoms with Crippen molar-refractivity contribution in [2.45, 2.75) is 5.22 Å². The zero-order chi connectivity index (χ0) is 13.0. The van der Waals surface area contributed by atoms with Gasteiger partial charge in [0.05, 0.1) is 7.11 Å². The van der Waals surface area contributed by atoms with Crippen molar-refractivity contribution in [3.8, 4) is 6.07 Å². The van der Waals surface area contributed by atoms with Crippen LogP contribution >= 0.6 is 11.8 Å². The van der Waals surface area contributed by atoms with Crippen LogP contribution in [0.2, 0.25) is 0 Å². The number of nitriles is 1. The maximum Gasteiger partial charge on any atom is 0.349 e. The molecule has 0 spiro atoms. The highest BCUT2D eigenvalue weighted by Gasteiger charge is 2.10. The second-order valence-electron chi connectivity index (χ2n) is 3.20. The Hall–Kier alpha value is -2.26. The molecule has 0 N–H and O–H groups in total. The van der Waals surface area contributed by atoms with Crippen LogP contribution in [0.5, 0.6) is 0 Å². The van der Waals surface area contributed by atoms with Gasteiger partial charge in [-0.05, 0) is 23.9 Å². The largest absolute Gasteiger partial charge is 0.465 e. The minimum absolute atomic E-state index is 0.0928. The number of oxazole rings is 1. The number of thioether (sulfide) groups is 1. The first kappa shape index (κ1) is 12.2. The molecule has 0 radical (unpaired) electrons. The van der Waals surface area contributed by atoms with Crippen LogP contribution in [0, 0.1) is 11.3 Å². The minimum Gasteiger partial charge on any atom is -0.465 e. The number of benzene rings is 1. The maximum atomic E-state index is 11.2. The van der Waals surface area contributed by atoms with Crippen LogP contribution in [0.3, 0.4) is 0 Å². The molecule has 0 atom stereocenters. The van der Waals surface area contributed by atoms with E-state index in [2.05, 4.69) is 9.72 Å². The van der Waals surface area contributed by atoms with Gasteiger partial charge in [-0.25, -0.2) is 9.78 Å². The van der Waals surface area contributed by atoms with Crippen molar-refractivity contribution in [3.05, 3.63) is 35.2 Å². The third-order valence-corrected chi connectivity index (χ3v) is 2.81. The summed E-state index contributed by atoms with van der Waals surface area (Å²) in [6.45, 7) is 0. The van der Waals surface area contributed by atoms with E-state index in [-0.39, 0.29) is 5.57 Å². The quantitative estimate of drug-likeness (QED) is 0.365. The first-order chi connectivity index (χ1) is 8.74. The fourth-order valence-corrected chi connectivity index (χ4v) is 1.90. The van der Waals surface area contributed by atoms with Gasteiger partial charge >= 0.3 is 5.97 Å².